The van der Waals surface area contributed by atoms with Crippen molar-refractivity contribution in [2.45, 2.75) is 33.1 Å². The summed E-state index contributed by atoms with van der Waals surface area (Å²) >= 11 is 0. The van der Waals surface area contributed by atoms with Gasteiger partial charge in [0.2, 0.25) is 5.69 Å². The first-order chi connectivity index (χ1) is 14.4. The summed E-state index contributed by atoms with van der Waals surface area (Å²) in [5.74, 6) is 0. The minimum atomic E-state index is 0.000258. The first-order valence-electron chi connectivity index (χ1n) is 10.6. The molecule has 0 aliphatic heterocycles. The molecule has 0 saturated carbocycles. The molecule has 0 unspecified atom stereocenters. The highest BCUT2D eigenvalue weighted by Crippen LogP contribution is 2.49. The summed E-state index contributed by atoms with van der Waals surface area (Å²) in [6, 6.07) is 24.1. The molecule has 2 heteroatoms. The Labute approximate surface area is 178 Å². The standard InChI is InChI=1S/C28H27N2/c1-18-10-6-7-11-21(18)27-19(2)29-26(17-30(27)5)20-14-15-23-22-12-8-9-13-24(22)28(3,4)25(23)16-20/h6-17H,1-5H3/q+1. The molecule has 0 spiro atoms. The molecule has 0 N–H and O–H groups in total. The second-order valence-corrected chi connectivity index (χ2v) is 8.92. The van der Waals surface area contributed by atoms with E-state index in [1.807, 2.05) is 0 Å². The van der Waals surface area contributed by atoms with Crippen LogP contribution in [0.1, 0.15) is 36.2 Å². The van der Waals surface area contributed by atoms with E-state index in [0.29, 0.717) is 0 Å². The molecule has 0 amide bonds. The third-order valence-electron chi connectivity index (χ3n) is 6.58. The highest BCUT2D eigenvalue weighted by atomic mass is 15.0. The summed E-state index contributed by atoms with van der Waals surface area (Å²) in [5.41, 5.74) is 12.4. The normalized spacial score (nSPS) is 13.8. The van der Waals surface area contributed by atoms with E-state index in [9.17, 15) is 0 Å². The van der Waals surface area contributed by atoms with E-state index in [0.717, 1.165) is 11.4 Å². The van der Waals surface area contributed by atoms with Crippen LogP contribution in [-0.4, -0.2) is 4.98 Å². The highest BCUT2D eigenvalue weighted by Gasteiger charge is 2.35. The molecule has 1 aliphatic rings. The van der Waals surface area contributed by atoms with Crippen LogP contribution in [-0.2, 0) is 12.5 Å². The molecule has 1 aliphatic carbocycles. The molecule has 4 aromatic rings. The van der Waals surface area contributed by atoms with E-state index in [2.05, 4.69) is 112 Å². The van der Waals surface area contributed by atoms with E-state index in [1.165, 1.54) is 44.6 Å². The van der Waals surface area contributed by atoms with Crippen LogP contribution in [0.25, 0.3) is 33.6 Å². The Bertz CT molecular complexity index is 1270. The third-order valence-corrected chi connectivity index (χ3v) is 6.58. The maximum absolute atomic E-state index is 5.02. The van der Waals surface area contributed by atoms with Crippen molar-refractivity contribution in [2.24, 2.45) is 7.05 Å². The van der Waals surface area contributed by atoms with Crippen LogP contribution in [0.15, 0.2) is 72.9 Å². The van der Waals surface area contributed by atoms with Gasteiger partial charge in [0.1, 0.15) is 18.4 Å². The zero-order valence-corrected chi connectivity index (χ0v) is 18.3. The second-order valence-electron chi connectivity index (χ2n) is 8.92. The number of aryl methyl sites for hydroxylation is 3. The van der Waals surface area contributed by atoms with Crippen LogP contribution in [0.3, 0.4) is 0 Å². The van der Waals surface area contributed by atoms with Gasteiger partial charge in [0.15, 0.2) is 6.20 Å². The number of rotatable bonds is 2. The monoisotopic (exact) mass is 391 g/mol. The average Bonchev–Trinajstić information content (AvgIpc) is 2.96. The van der Waals surface area contributed by atoms with Crippen molar-refractivity contribution in [3.8, 4) is 33.6 Å². The predicted molar refractivity (Wildman–Crippen MR) is 123 cm³/mol. The Morgan fingerprint density at radius 2 is 1.43 bits per heavy atom. The number of hydrogen-bond donors (Lipinski definition) is 0. The molecule has 5 rings (SSSR count). The van der Waals surface area contributed by atoms with E-state index in [-0.39, 0.29) is 5.41 Å². The Kier molecular flexibility index (Phi) is 4.14. The van der Waals surface area contributed by atoms with Gasteiger partial charge < -0.3 is 0 Å². The average molecular weight is 392 g/mol. The molecule has 0 radical (unpaired) electrons. The lowest BCUT2D eigenvalue weighted by atomic mass is 9.82. The van der Waals surface area contributed by atoms with Crippen molar-refractivity contribution in [1.29, 1.82) is 0 Å². The van der Waals surface area contributed by atoms with Gasteiger partial charge in [0, 0.05) is 11.0 Å². The number of fused-ring (bicyclic) bond motifs is 3. The van der Waals surface area contributed by atoms with E-state index < -0.39 is 0 Å². The zero-order valence-electron chi connectivity index (χ0n) is 18.3. The van der Waals surface area contributed by atoms with Gasteiger partial charge in [-0.05, 0) is 53.8 Å². The van der Waals surface area contributed by atoms with Gasteiger partial charge >= 0.3 is 0 Å². The second kappa shape index (κ2) is 6.63. The fourth-order valence-electron chi connectivity index (χ4n) is 4.99. The number of hydrogen-bond acceptors (Lipinski definition) is 1. The molecule has 0 bridgehead atoms. The summed E-state index contributed by atoms with van der Waals surface area (Å²) in [7, 11) is 2.12. The molecule has 148 valence electrons. The summed E-state index contributed by atoms with van der Waals surface area (Å²) < 4.78 is 2.22. The predicted octanol–water partition coefficient (Wildman–Crippen LogP) is 6.16. The highest BCUT2D eigenvalue weighted by molar-refractivity contribution is 5.83. The summed E-state index contributed by atoms with van der Waals surface area (Å²) in [6.45, 7) is 8.91. The summed E-state index contributed by atoms with van der Waals surface area (Å²) in [5, 5.41) is 0. The van der Waals surface area contributed by atoms with Gasteiger partial charge in [-0.3, -0.25) is 0 Å². The van der Waals surface area contributed by atoms with Crippen molar-refractivity contribution in [3.63, 3.8) is 0 Å². The van der Waals surface area contributed by atoms with Crippen LogP contribution in [0, 0.1) is 13.8 Å². The first kappa shape index (κ1) is 18.7. The molecule has 1 aromatic heterocycles. The SMILES string of the molecule is Cc1ccccc1-c1c(C)nc(-c2ccc3c(c2)C(C)(C)c2ccccc2-3)c[n+]1C. The lowest BCUT2D eigenvalue weighted by Gasteiger charge is -2.21. The Morgan fingerprint density at radius 3 is 2.17 bits per heavy atom. The molecule has 1 heterocycles. The fourth-order valence-corrected chi connectivity index (χ4v) is 4.99. The van der Waals surface area contributed by atoms with Crippen molar-refractivity contribution in [3.05, 3.63) is 95.3 Å². The van der Waals surface area contributed by atoms with Gasteiger partial charge in [0.25, 0.3) is 0 Å². The van der Waals surface area contributed by atoms with Crippen molar-refractivity contribution >= 4 is 0 Å². The summed E-state index contributed by atoms with van der Waals surface area (Å²) in [6.07, 6.45) is 2.16. The zero-order chi connectivity index (χ0) is 21.0. The lowest BCUT2D eigenvalue weighted by Crippen LogP contribution is -2.33. The largest absolute Gasteiger partial charge is 0.240 e. The quantitative estimate of drug-likeness (QED) is 0.374. The molecule has 0 atom stereocenters. The minimum Gasteiger partial charge on any atom is -0.240 e. The maximum Gasteiger partial charge on any atom is 0.233 e. The first-order valence-corrected chi connectivity index (χ1v) is 10.6. The van der Waals surface area contributed by atoms with Crippen molar-refractivity contribution < 1.29 is 4.57 Å². The van der Waals surface area contributed by atoms with Crippen LogP contribution >= 0.6 is 0 Å². The number of benzene rings is 3. The molecule has 3 aromatic carbocycles. The Morgan fingerprint density at radius 1 is 0.767 bits per heavy atom. The molecular formula is C28H27N2+. The van der Waals surface area contributed by atoms with Gasteiger partial charge in [0.05, 0.1) is 5.56 Å². The Balaban J connectivity index is 1.64. The van der Waals surface area contributed by atoms with E-state index >= 15 is 0 Å². The number of aromatic nitrogens is 2. The minimum absolute atomic E-state index is 0.000258. The van der Waals surface area contributed by atoms with Crippen LogP contribution in [0.2, 0.25) is 0 Å². The van der Waals surface area contributed by atoms with Gasteiger partial charge in [-0.2, -0.15) is 4.57 Å². The maximum atomic E-state index is 5.02. The van der Waals surface area contributed by atoms with Crippen LogP contribution in [0.5, 0.6) is 0 Å². The third kappa shape index (κ3) is 2.71. The van der Waals surface area contributed by atoms with Crippen LogP contribution in [0.4, 0.5) is 0 Å². The summed E-state index contributed by atoms with van der Waals surface area (Å²) in [4.78, 5) is 5.02. The lowest BCUT2D eigenvalue weighted by molar-refractivity contribution is -0.660. The Hall–Kier alpha value is -3.26. The smallest absolute Gasteiger partial charge is 0.233 e. The van der Waals surface area contributed by atoms with Gasteiger partial charge in [-0.1, -0.05) is 68.4 Å². The van der Waals surface area contributed by atoms with Gasteiger partial charge in [-0.15, -0.1) is 0 Å². The van der Waals surface area contributed by atoms with E-state index in [1.54, 1.807) is 0 Å². The van der Waals surface area contributed by atoms with Crippen LogP contribution < -0.4 is 4.57 Å². The van der Waals surface area contributed by atoms with Gasteiger partial charge in [-0.25, -0.2) is 4.98 Å². The van der Waals surface area contributed by atoms with Crippen molar-refractivity contribution in [2.75, 3.05) is 0 Å². The molecule has 0 fully saturated rings. The number of nitrogens with zero attached hydrogens (tertiary/aromatic N) is 2. The molecule has 2 nitrogen and oxygen atoms in total. The fraction of sp³-hybridized carbons (Fsp3) is 0.214. The molecule has 0 saturated heterocycles. The van der Waals surface area contributed by atoms with Crippen molar-refractivity contribution in [1.82, 2.24) is 4.98 Å². The topological polar surface area (TPSA) is 16.8 Å². The van der Waals surface area contributed by atoms with E-state index in [4.69, 9.17) is 4.98 Å². The molecular weight excluding hydrogens is 364 g/mol. The molecule has 30 heavy (non-hydrogen) atoms.